The van der Waals surface area contributed by atoms with Crippen molar-refractivity contribution >= 4 is 46.4 Å². The lowest BCUT2D eigenvalue weighted by Crippen LogP contribution is -2.47. The number of piperazine rings is 1. The molecule has 128 valence electrons. The number of halogens is 1. The van der Waals surface area contributed by atoms with E-state index in [2.05, 4.69) is 35.1 Å². The summed E-state index contributed by atoms with van der Waals surface area (Å²) in [6.45, 7) is 3.32. The van der Waals surface area contributed by atoms with Crippen LogP contribution in [-0.4, -0.2) is 47.5 Å². The van der Waals surface area contributed by atoms with Gasteiger partial charge in [-0.3, -0.25) is 9.78 Å². The molecule has 0 bridgehead atoms. The topological polar surface area (TPSA) is 91.3 Å². The largest absolute Gasteiger partial charge is 0.368 e. The Morgan fingerprint density at radius 2 is 2.00 bits per heavy atom. The summed E-state index contributed by atoms with van der Waals surface area (Å²) in [5, 5.41) is 2.92. The molecule has 1 aromatic carbocycles. The van der Waals surface area contributed by atoms with Gasteiger partial charge in [-0.25, -0.2) is 4.98 Å². The average molecular weight is 359 g/mol. The van der Waals surface area contributed by atoms with E-state index in [0.717, 1.165) is 48.9 Å². The van der Waals surface area contributed by atoms with Crippen LogP contribution in [0.2, 0.25) is 5.28 Å². The monoisotopic (exact) mass is 358 g/mol. The van der Waals surface area contributed by atoms with Crippen LogP contribution < -0.4 is 20.1 Å². The Kier molecular flexibility index (Phi) is 4.10. The Morgan fingerprint density at radius 3 is 2.80 bits per heavy atom. The quantitative estimate of drug-likeness (QED) is 0.542. The third-order valence-electron chi connectivity index (χ3n) is 4.30. The number of hydrogen-bond donors (Lipinski definition) is 2. The number of aromatic amines is 2. The molecule has 0 unspecified atom stereocenters. The average Bonchev–Trinajstić information content (AvgIpc) is 3.10. The minimum absolute atomic E-state index is 0.230. The van der Waals surface area contributed by atoms with Gasteiger partial charge in [-0.15, -0.1) is 0 Å². The number of aromatic nitrogens is 4. The first-order valence-electron chi connectivity index (χ1n) is 7.97. The summed E-state index contributed by atoms with van der Waals surface area (Å²) in [5.41, 5.74) is 3.44. The second-order valence-corrected chi connectivity index (χ2v) is 6.10. The van der Waals surface area contributed by atoms with Gasteiger partial charge in [0.2, 0.25) is 11.9 Å². The zero-order valence-corrected chi connectivity index (χ0v) is 14.1. The molecule has 1 amide bonds. The maximum atomic E-state index is 10.6. The number of fused-ring (bicyclic) bond motifs is 1. The number of H-pyrrole nitrogens is 2. The molecule has 1 fully saturated rings. The summed E-state index contributed by atoms with van der Waals surface area (Å²) in [4.78, 5) is 29.8. The number of benzene rings is 1. The Morgan fingerprint density at radius 1 is 1.20 bits per heavy atom. The van der Waals surface area contributed by atoms with Gasteiger partial charge in [0.1, 0.15) is 0 Å². The number of carbonyl (C=O) groups excluding carboxylic acids is 1. The Balaban J connectivity index is 1.52. The molecule has 4 rings (SSSR count). The minimum Gasteiger partial charge on any atom is -0.368 e. The van der Waals surface area contributed by atoms with Crippen LogP contribution in [-0.2, 0) is 4.79 Å². The van der Waals surface area contributed by atoms with Gasteiger partial charge in [0.15, 0.2) is 12.1 Å². The second kappa shape index (κ2) is 6.56. The Labute approximate surface area is 148 Å². The molecule has 1 aliphatic heterocycles. The molecule has 2 aromatic heterocycles. The summed E-state index contributed by atoms with van der Waals surface area (Å²) in [5.74, 6) is 0.812. The second-order valence-electron chi connectivity index (χ2n) is 5.76. The maximum absolute atomic E-state index is 10.6. The molecule has 1 aliphatic rings. The molecule has 0 saturated carbocycles. The zero-order valence-electron chi connectivity index (χ0n) is 13.4. The van der Waals surface area contributed by atoms with E-state index < -0.39 is 0 Å². The van der Waals surface area contributed by atoms with Gasteiger partial charge in [0.25, 0.3) is 0 Å². The van der Waals surface area contributed by atoms with Crippen molar-refractivity contribution in [1.82, 2.24) is 15.0 Å². The van der Waals surface area contributed by atoms with Crippen LogP contribution in [0.4, 0.5) is 17.2 Å². The smallest absolute Gasteiger partial charge is 0.306 e. The first kappa shape index (κ1) is 15.6. The summed E-state index contributed by atoms with van der Waals surface area (Å²) in [6.07, 6.45) is 2.41. The van der Waals surface area contributed by atoms with E-state index in [4.69, 9.17) is 11.6 Å². The lowest BCUT2D eigenvalue weighted by atomic mass is 10.2. The number of anilines is 3. The summed E-state index contributed by atoms with van der Waals surface area (Å²) in [7, 11) is 0. The predicted octanol–water partition coefficient (Wildman–Crippen LogP) is 1.32. The molecule has 3 aromatic rings. The number of imidazole rings is 1. The van der Waals surface area contributed by atoms with Gasteiger partial charge in [-0.1, -0.05) is 11.1 Å². The van der Waals surface area contributed by atoms with Crippen LogP contribution in [0.1, 0.15) is 0 Å². The van der Waals surface area contributed by atoms with Gasteiger partial charge in [-0.05, 0) is 29.8 Å². The standard InChI is InChI=1S/C16H16ClN7O/c17-16-21-14-13(18-9-19-14)15(22-16)24-6-4-23(5-7-24)12-3-1-2-11(8-12)20-10-25/h1-3,8-10H,4-7H2,(H,20,25)(H,18,19,21,22)/p+1. The zero-order chi connectivity index (χ0) is 17.2. The molecule has 0 atom stereocenters. The van der Waals surface area contributed by atoms with Crippen LogP contribution in [0.5, 0.6) is 0 Å². The molecule has 0 spiro atoms. The highest BCUT2D eigenvalue weighted by molar-refractivity contribution is 6.28. The van der Waals surface area contributed by atoms with Crippen molar-refractivity contribution in [2.75, 3.05) is 41.3 Å². The Hall–Kier alpha value is -2.87. The molecule has 3 heterocycles. The van der Waals surface area contributed by atoms with Crippen molar-refractivity contribution < 1.29 is 9.78 Å². The fourth-order valence-electron chi connectivity index (χ4n) is 3.10. The van der Waals surface area contributed by atoms with Gasteiger partial charge in [0.05, 0.1) is 0 Å². The molecule has 25 heavy (non-hydrogen) atoms. The van der Waals surface area contributed by atoms with Crippen molar-refractivity contribution in [3.63, 3.8) is 0 Å². The fraction of sp³-hybridized carbons (Fsp3) is 0.250. The van der Waals surface area contributed by atoms with Crippen molar-refractivity contribution in [1.29, 1.82) is 0 Å². The van der Waals surface area contributed by atoms with Crippen molar-refractivity contribution in [2.45, 2.75) is 0 Å². The molecular weight excluding hydrogens is 342 g/mol. The van der Waals surface area contributed by atoms with Crippen molar-refractivity contribution in [3.8, 4) is 0 Å². The lowest BCUT2D eigenvalue weighted by Gasteiger charge is -2.36. The number of rotatable bonds is 4. The molecule has 3 N–H and O–H groups in total. The summed E-state index contributed by atoms with van der Waals surface area (Å²) in [6, 6.07) is 7.83. The lowest BCUT2D eigenvalue weighted by molar-refractivity contribution is -0.347. The first-order chi connectivity index (χ1) is 12.2. The van der Waals surface area contributed by atoms with E-state index in [1.807, 2.05) is 24.3 Å². The highest BCUT2D eigenvalue weighted by atomic mass is 35.5. The van der Waals surface area contributed by atoms with Crippen molar-refractivity contribution in [3.05, 3.63) is 35.9 Å². The van der Waals surface area contributed by atoms with E-state index >= 15 is 0 Å². The van der Waals surface area contributed by atoms with Crippen molar-refractivity contribution in [2.24, 2.45) is 0 Å². The molecule has 1 saturated heterocycles. The Bertz CT molecular complexity index is 904. The minimum atomic E-state index is 0.230. The number of amides is 1. The fourth-order valence-corrected chi connectivity index (χ4v) is 3.27. The first-order valence-corrected chi connectivity index (χ1v) is 8.35. The van der Waals surface area contributed by atoms with Gasteiger partial charge >= 0.3 is 10.9 Å². The van der Waals surface area contributed by atoms with Gasteiger partial charge in [-0.2, -0.15) is 4.98 Å². The van der Waals surface area contributed by atoms with Crippen LogP contribution in [0, 0.1) is 0 Å². The van der Waals surface area contributed by atoms with Gasteiger partial charge in [0, 0.05) is 37.6 Å². The SMILES string of the molecule is O=CNc1cccc(N2CCN(c3nc(Cl)nc4[nH+]c[nH]c34)CC2)c1. The van der Waals surface area contributed by atoms with Gasteiger partial charge < -0.3 is 15.1 Å². The highest BCUT2D eigenvalue weighted by Crippen LogP contribution is 2.25. The van der Waals surface area contributed by atoms with E-state index in [1.54, 1.807) is 6.33 Å². The van der Waals surface area contributed by atoms with Crippen LogP contribution in [0.15, 0.2) is 30.6 Å². The number of nitrogens with one attached hydrogen (secondary N) is 3. The van der Waals surface area contributed by atoms with E-state index in [1.165, 1.54) is 0 Å². The third kappa shape index (κ3) is 3.08. The number of nitrogens with zero attached hydrogens (tertiary/aromatic N) is 4. The van der Waals surface area contributed by atoms with Crippen LogP contribution in [0.25, 0.3) is 11.2 Å². The molecule has 8 nitrogen and oxygen atoms in total. The molecule has 0 aliphatic carbocycles. The highest BCUT2D eigenvalue weighted by Gasteiger charge is 2.24. The predicted molar refractivity (Wildman–Crippen MR) is 96.0 cm³/mol. The number of hydrogen-bond acceptors (Lipinski definition) is 5. The van der Waals surface area contributed by atoms with Crippen LogP contribution >= 0.6 is 11.6 Å². The maximum Gasteiger partial charge on any atom is 0.306 e. The third-order valence-corrected chi connectivity index (χ3v) is 4.47. The van der Waals surface area contributed by atoms with E-state index in [-0.39, 0.29) is 5.28 Å². The van der Waals surface area contributed by atoms with E-state index in [9.17, 15) is 4.79 Å². The summed E-state index contributed by atoms with van der Waals surface area (Å²) >= 11 is 6.04. The molecule has 9 heteroatoms. The normalized spacial score (nSPS) is 14.8. The van der Waals surface area contributed by atoms with E-state index in [0.29, 0.717) is 12.1 Å². The van der Waals surface area contributed by atoms with Crippen LogP contribution in [0.3, 0.4) is 0 Å². The summed E-state index contributed by atoms with van der Waals surface area (Å²) < 4.78 is 0. The molecule has 0 radical (unpaired) electrons. The number of carbonyl (C=O) groups is 1. The molecular formula is C16H17ClN7O+.